The molecule has 2 N–H and O–H groups in total. The Bertz CT molecular complexity index is 740. The van der Waals surface area contributed by atoms with Crippen LogP contribution in [0.4, 0.5) is 0 Å². The van der Waals surface area contributed by atoms with E-state index in [4.69, 9.17) is 10.5 Å². The van der Waals surface area contributed by atoms with Gasteiger partial charge in [0, 0.05) is 10.9 Å². The number of hydrogen-bond donors (Lipinski definition) is 1. The van der Waals surface area contributed by atoms with Gasteiger partial charge in [-0.15, -0.1) is 0 Å². The Morgan fingerprint density at radius 3 is 2.55 bits per heavy atom. The summed E-state index contributed by atoms with van der Waals surface area (Å²) < 4.78 is 5.37. The zero-order valence-corrected chi connectivity index (χ0v) is 11.3. The fourth-order valence-corrected chi connectivity index (χ4v) is 2.34. The smallest absolute Gasteiger partial charge is 0.124 e. The molecular weight excluding hydrogens is 248 g/mol. The van der Waals surface area contributed by atoms with E-state index in [-0.39, 0.29) is 6.04 Å². The summed E-state index contributed by atoms with van der Waals surface area (Å²) in [5.74, 6) is 0.787. The summed E-state index contributed by atoms with van der Waals surface area (Å²) >= 11 is 0. The zero-order valence-electron chi connectivity index (χ0n) is 11.3. The lowest BCUT2D eigenvalue weighted by atomic mass is 10.0. The lowest BCUT2D eigenvalue weighted by molar-refractivity contribution is 0.407. The highest BCUT2D eigenvalue weighted by Crippen LogP contribution is 2.27. The van der Waals surface area contributed by atoms with Gasteiger partial charge in [0.05, 0.1) is 24.4 Å². The number of rotatable bonds is 3. The molecule has 1 atom stereocenters. The van der Waals surface area contributed by atoms with Gasteiger partial charge in [-0.05, 0) is 18.2 Å². The monoisotopic (exact) mass is 264 g/mol. The Balaban J connectivity index is 2.05. The molecule has 0 saturated carbocycles. The van der Waals surface area contributed by atoms with E-state index >= 15 is 0 Å². The summed E-state index contributed by atoms with van der Waals surface area (Å²) in [4.78, 5) is 4.65. The summed E-state index contributed by atoms with van der Waals surface area (Å²) in [6.07, 6.45) is 0. The summed E-state index contributed by atoms with van der Waals surface area (Å²) in [6.45, 7) is 0. The standard InChI is InChI=1S/C17H16N2O/c1-20-16-9-5-3-7-13(16)17(18)15-11-10-12-6-2-4-8-14(12)19-15/h2-11,17H,18H2,1H3. The van der Waals surface area contributed by atoms with E-state index in [1.54, 1.807) is 7.11 Å². The van der Waals surface area contributed by atoms with E-state index in [1.165, 1.54) is 0 Å². The minimum absolute atomic E-state index is 0.296. The lowest BCUT2D eigenvalue weighted by Crippen LogP contribution is -2.14. The molecular formula is C17H16N2O. The highest BCUT2D eigenvalue weighted by Gasteiger charge is 2.15. The van der Waals surface area contributed by atoms with Gasteiger partial charge >= 0.3 is 0 Å². The fraction of sp³-hybridized carbons (Fsp3) is 0.118. The first-order chi connectivity index (χ1) is 9.79. The van der Waals surface area contributed by atoms with Crippen molar-refractivity contribution in [1.82, 2.24) is 4.98 Å². The van der Waals surface area contributed by atoms with Crippen LogP contribution in [0.15, 0.2) is 60.7 Å². The lowest BCUT2D eigenvalue weighted by Gasteiger charge is -2.15. The third kappa shape index (κ3) is 2.24. The van der Waals surface area contributed by atoms with E-state index in [0.717, 1.165) is 27.9 Å². The Labute approximate surface area is 118 Å². The van der Waals surface area contributed by atoms with E-state index in [0.29, 0.717) is 0 Å². The molecule has 3 rings (SSSR count). The van der Waals surface area contributed by atoms with E-state index < -0.39 is 0 Å². The first kappa shape index (κ1) is 12.6. The third-order valence-corrected chi connectivity index (χ3v) is 3.41. The van der Waals surface area contributed by atoms with Crippen molar-refractivity contribution in [2.45, 2.75) is 6.04 Å². The second kappa shape index (κ2) is 5.31. The molecule has 1 aromatic heterocycles. The van der Waals surface area contributed by atoms with E-state index in [2.05, 4.69) is 4.98 Å². The Morgan fingerprint density at radius 1 is 0.950 bits per heavy atom. The van der Waals surface area contributed by atoms with Crippen molar-refractivity contribution in [1.29, 1.82) is 0 Å². The van der Waals surface area contributed by atoms with Gasteiger partial charge < -0.3 is 10.5 Å². The van der Waals surface area contributed by atoms with Crippen molar-refractivity contribution in [3.05, 3.63) is 71.9 Å². The van der Waals surface area contributed by atoms with Gasteiger partial charge in [0.15, 0.2) is 0 Å². The molecule has 0 bridgehead atoms. The maximum atomic E-state index is 6.34. The third-order valence-electron chi connectivity index (χ3n) is 3.41. The van der Waals surface area contributed by atoms with Crippen molar-refractivity contribution < 1.29 is 4.74 Å². The fourth-order valence-electron chi connectivity index (χ4n) is 2.34. The van der Waals surface area contributed by atoms with Crippen LogP contribution in [-0.4, -0.2) is 12.1 Å². The summed E-state index contributed by atoms with van der Waals surface area (Å²) in [5, 5.41) is 1.11. The molecule has 3 nitrogen and oxygen atoms in total. The van der Waals surface area contributed by atoms with Crippen molar-refractivity contribution >= 4 is 10.9 Å². The summed E-state index contributed by atoms with van der Waals surface area (Å²) in [6, 6.07) is 19.5. The average Bonchev–Trinajstić information content (AvgIpc) is 2.53. The molecule has 100 valence electrons. The first-order valence-corrected chi connectivity index (χ1v) is 6.54. The molecule has 1 heterocycles. The van der Waals surface area contributed by atoms with Crippen molar-refractivity contribution in [2.24, 2.45) is 5.73 Å². The molecule has 0 saturated heterocycles. The predicted molar refractivity (Wildman–Crippen MR) is 80.8 cm³/mol. The number of hydrogen-bond acceptors (Lipinski definition) is 3. The molecule has 3 aromatic rings. The number of para-hydroxylation sites is 2. The van der Waals surface area contributed by atoms with Crippen LogP contribution in [-0.2, 0) is 0 Å². The number of aromatic nitrogens is 1. The second-order valence-corrected chi connectivity index (χ2v) is 4.65. The van der Waals surface area contributed by atoms with Crippen molar-refractivity contribution in [2.75, 3.05) is 7.11 Å². The van der Waals surface area contributed by atoms with Crippen LogP contribution in [0.1, 0.15) is 17.3 Å². The molecule has 0 aliphatic carbocycles. The molecule has 2 aromatic carbocycles. The zero-order chi connectivity index (χ0) is 13.9. The van der Waals surface area contributed by atoms with E-state index in [1.807, 2.05) is 60.7 Å². The molecule has 0 fully saturated rings. The SMILES string of the molecule is COc1ccccc1C(N)c1ccc2ccccc2n1. The van der Waals surface area contributed by atoms with Crippen LogP contribution in [0, 0.1) is 0 Å². The van der Waals surface area contributed by atoms with Crippen LogP contribution in [0.2, 0.25) is 0 Å². The van der Waals surface area contributed by atoms with Crippen LogP contribution in [0.3, 0.4) is 0 Å². The highest BCUT2D eigenvalue weighted by molar-refractivity contribution is 5.78. The second-order valence-electron chi connectivity index (χ2n) is 4.65. The molecule has 20 heavy (non-hydrogen) atoms. The van der Waals surface area contributed by atoms with Gasteiger partial charge in [-0.3, -0.25) is 4.98 Å². The molecule has 0 spiro atoms. The van der Waals surface area contributed by atoms with Gasteiger partial charge in [0.25, 0.3) is 0 Å². The number of methoxy groups -OCH3 is 1. The first-order valence-electron chi connectivity index (χ1n) is 6.54. The molecule has 3 heteroatoms. The number of pyridine rings is 1. The predicted octanol–water partition coefficient (Wildman–Crippen LogP) is 3.29. The maximum absolute atomic E-state index is 6.34. The Kier molecular flexibility index (Phi) is 3.35. The summed E-state index contributed by atoms with van der Waals surface area (Å²) in [5.41, 5.74) is 9.08. The largest absolute Gasteiger partial charge is 0.496 e. The van der Waals surface area contributed by atoms with Crippen LogP contribution >= 0.6 is 0 Å². The molecule has 0 aliphatic heterocycles. The van der Waals surface area contributed by atoms with Gasteiger partial charge in [-0.1, -0.05) is 42.5 Å². The van der Waals surface area contributed by atoms with Gasteiger partial charge in [0.2, 0.25) is 0 Å². The van der Waals surface area contributed by atoms with Gasteiger partial charge in [-0.2, -0.15) is 0 Å². The van der Waals surface area contributed by atoms with Gasteiger partial charge in [-0.25, -0.2) is 0 Å². The van der Waals surface area contributed by atoms with Crippen molar-refractivity contribution in [3.8, 4) is 5.75 Å². The van der Waals surface area contributed by atoms with Crippen LogP contribution < -0.4 is 10.5 Å². The van der Waals surface area contributed by atoms with E-state index in [9.17, 15) is 0 Å². The maximum Gasteiger partial charge on any atom is 0.124 e. The highest BCUT2D eigenvalue weighted by atomic mass is 16.5. The minimum Gasteiger partial charge on any atom is -0.496 e. The quantitative estimate of drug-likeness (QED) is 0.789. The van der Waals surface area contributed by atoms with Gasteiger partial charge in [0.1, 0.15) is 5.75 Å². The Hall–Kier alpha value is -2.39. The van der Waals surface area contributed by atoms with Crippen molar-refractivity contribution in [3.63, 3.8) is 0 Å². The molecule has 0 aliphatic rings. The van der Waals surface area contributed by atoms with Crippen LogP contribution in [0.25, 0.3) is 10.9 Å². The molecule has 1 unspecified atom stereocenters. The number of nitrogens with zero attached hydrogens (tertiary/aromatic N) is 1. The number of ether oxygens (including phenoxy) is 1. The minimum atomic E-state index is -0.296. The number of benzene rings is 2. The number of fused-ring (bicyclic) bond motifs is 1. The number of nitrogens with two attached hydrogens (primary N) is 1. The molecule has 0 radical (unpaired) electrons. The topological polar surface area (TPSA) is 48.1 Å². The normalized spacial score (nSPS) is 12.3. The Morgan fingerprint density at radius 2 is 1.70 bits per heavy atom. The summed E-state index contributed by atoms with van der Waals surface area (Å²) in [7, 11) is 1.65. The average molecular weight is 264 g/mol. The van der Waals surface area contributed by atoms with Crippen LogP contribution in [0.5, 0.6) is 5.75 Å². The molecule has 0 amide bonds.